The van der Waals surface area contributed by atoms with E-state index in [4.69, 9.17) is 23.7 Å². The summed E-state index contributed by atoms with van der Waals surface area (Å²) < 4.78 is 93.0. The molecule has 3 fully saturated rings. The molecule has 25 heavy (non-hydrogen) atoms. The van der Waals surface area contributed by atoms with Gasteiger partial charge in [0.15, 0.2) is 17.9 Å². The molecule has 0 bridgehead atoms. The third-order valence-corrected chi connectivity index (χ3v) is 4.99. The van der Waals surface area contributed by atoms with E-state index < -0.39 is 57.9 Å². The van der Waals surface area contributed by atoms with Crippen molar-refractivity contribution in [3.8, 4) is 0 Å². The number of rotatable bonds is 3. The number of fused-ring (bicyclic) bond motifs is 1. The predicted molar refractivity (Wildman–Crippen MR) is 73.4 cm³/mol. The van der Waals surface area contributed by atoms with Crippen molar-refractivity contribution in [2.45, 2.75) is 75.5 Å². The molecule has 0 amide bonds. The second-order valence-corrected chi connectivity index (χ2v) is 8.46. The van der Waals surface area contributed by atoms with Crippen LogP contribution in [0.3, 0.4) is 0 Å². The Morgan fingerprint density at radius 3 is 2.16 bits per heavy atom. The van der Waals surface area contributed by atoms with Crippen LogP contribution in [0.5, 0.6) is 0 Å². The Hall–Kier alpha value is -0.500. The van der Waals surface area contributed by atoms with E-state index in [0.717, 1.165) is 0 Å². The van der Waals surface area contributed by atoms with Gasteiger partial charge in [-0.05, 0) is 27.7 Å². The molecule has 3 aliphatic rings. The van der Waals surface area contributed by atoms with Crippen LogP contribution >= 0.6 is 0 Å². The molecule has 12 heteroatoms. The van der Waals surface area contributed by atoms with E-state index in [1.165, 1.54) is 13.8 Å². The predicted octanol–water partition coefficient (Wildman–Crippen LogP) is 1.25. The minimum Gasteiger partial charge on any atom is -0.348 e. The van der Waals surface area contributed by atoms with E-state index in [9.17, 15) is 21.6 Å². The van der Waals surface area contributed by atoms with Crippen LogP contribution in [0.15, 0.2) is 0 Å². The normalized spacial score (nSPS) is 40.4. The van der Waals surface area contributed by atoms with Gasteiger partial charge in [0, 0.05) is 0 Å². The first kappa shape index (κ1) is 19.3. The standard InChI is InChI=1S/C13H19F3O8S/c1-11(2)19-5-6(21-11)7-8(24-25(17,18)13(14,15)16)9-10(20-7)23-12(3,4)22-9/h6-10H,5H2,1-4H3/t6-,7+,8+,9+,10+/m0/s1. The van der Waals surface area contributed by atoms with Gasteiger partial charge in [0.2, 0.25) is 0 Å². The second-order valence-electron chi connectivity index (χ2n) is 6.90. The fourth-order valence-electron chi connectivity index (χ4n) is 2.99. The van der Waals surface area contributed by atoms with Crippen molar-refractivity contribution in [2.75, 3.05) is 6.61 Å². The highest BCUT2D eigenvalue weighted by Crippen LogP contribution is 2.43. The first-order chi connectivity index (χ1) is 11.2. The van der Waals surface area contributed by atoms with Crippen LogP contribution in [0, 0.1) is 0 Å². The van der Waals surface area contributed by atoms with Crippen LogP contribution < -0.4 is 0 Å². The minimum atomic E-state index is -5.86. The molecule has 0 spiro atoms. The Kier molecular flexibility index (Phi) is 4.43. The lowest BCUT2D eigenvalue weighted by Crippen LogP contribution is -2.46. The van der Waals surface area contributed by atoms with Crippen molar-refractivity contribution >= 4 is 10.1 Å². The van der Waals surface area contributed by atoms with Crippen molar-refractivity contribution in [1.82, 2.24) is 0 Å². The molecule has 146 valence electrons. The molecule has 5 atom stereocenters. The van der Waals surface area contributed by atoms with Gasteiger partial charge in [0.25, 0.3) is 0 Å². The molecule has 8 nitrogen and oxygen atoms in total. The van der Waals surface area contributed by atoms with Crippen LogP contribution in [0.2, 0.25) is 0 Å². The van der Waals surface area contributed by atoms with Crippen LogP contribution in [0.4, 0.5) is 13.2 Å². The average Bonchev–Trinajstić information content (AvgIpc) is 2.99. The minimum absolute atomic E-state index is 0.00751. The number of alkyl halides is 3. The Balaban J connectivity index is 1.86. The zero-order valence-electron chi connectivity index (χ0n) is 13.9. The number of ether oxygens (including phenoxy) is 5. The summed E-state index contributed by atoms with van der Waals surface area (Å²) in [5, 5.41) is 0. The number of hydrogen-bond donors (Lipinski definition) is 0. The van der Waals surface area contributed by atoms with Crippen molar-refractivity contribution in [2.24, 2.45) is 0 Å². The van der Waals surface area contributed by atoms with E-state index in [2.05, 4.69) is 4.18 Å². The first-order valence-corrected chi connectivity index (χ1v) is 8.94. The maximum atomic E-state index is 12.7. The fraction of sp³-hybridized carbons (Fsp3) is 1.00. The first-order valence-electron chi connectivity index (χ1n) is 7.53. The summed E-state index contributed by atoms with van der Waals surface area (Å²) in [5.74, 6) is -2.14. The van der Waals surface area contributed by atoms with Gasteiger partial charge in [-0.2, -0.15) is 21.6 Å². The molecular weight excluding hydrogens is 373 g/mol. The van der Waals surface area contributed by atoms with Crippen LogP contribution in [-0.4, -0.2) is 62.8 Å². The average molecular weight is 392 g/mol. The molecule has 0 aromatic rings. The third-order valence-electron chi connectivity index (χ3n) is 3.95. The van der Waals surface area contributed by atoms with Crippen LogP contribution in [0.25, 0.3) is 0 Å². The Labute approximate surface area is 142 Å². The van der Waals surface area contributed by atoms with Crippen molar-refractivity contribution in [3.05, 3.63) is 0 Å². The molecule has 0 aromatic carbocycles. The molecule has 3 rings (SSSR count). The van der Waals surface area contributed by atoms with Crippen molar-refractivity contribution < 1.29 is 49.5 Å². The Morgan fingerprint density at radius 1 is 1.00 bits per heavy atom. The summed E-state index contributed by atoms with van der Waals surface area (Å²) in [4.78, 5) is 0. The van der Waals surface area contributed by atoms with E-state index in [1.54, 1.807) is 13.8 Å². The monoisotopic (exact) mass is 392 g/mol. The molecule has 3 aliphatic heterocycles. The topological polar surface area (TPSA) is 89.5 Å². The summed E-state index contributed by atoms with van der Waals surface area (Å²) >= 11 is 0. The highest BCUT2D eigenvalue weighted by Gasteiger charge is 2.62. The van der Waals surface area contributed by atoms with E-state index in [0.29, 0.717) is 0 Å². The van der Waals surface area contributed by atoms with Gasteiger partial charge in [-0.3, -0.25) is 4.18 Å². The van der Waals surface area contributed by atoms with Gasteiger partial charge in [0.05, 0.1) is 6.61 Å². The van der Waals surface area contributed by atoms with Crippen molar-refractivity contribution in [1.29, 1.82) is 0 Å². The van der Waals surface area contributed by atoms with Crippen molar-refractivity contribution in [3.63, 3.8) is 0 Å². The molecule has 0 N–H and O–H groups in total. The van der Waals surface area contributed by atoms with Gasteiger partial charge < -0.3 is 23.7 Å². The largest absolute Gasteiger partial charge is 0.523 e. The fourth-order valence-corrected chi connectivity index (χ4v) is 3.61. The summed E-state index contributed by atoms with van der Waals surface area (Å²) in [6, 6.07) is 0. The van der Waals surface area contributed by atoms with Gasteiger partial charge in [-0.1, -0.05) is 0 Å². The second kappa shape index (κ2) is 5.75. The van der Waals surface area contributed by atoms with Crippen LogP contribution in [-0.2, 0) is 38.0 Å². The molecule has 0 aromatic heterocycles. The van der Waals surface area contributed by atoms with Gasteiger partial charge in [-0.25, -0.2) is 0 Å². The molecule has 0 radical (unpaired) electrons. The van der Waals surface area contributed by atoms with Crippen LogP contribution in [0.1, 0.15) is 27.7 Å². The maximum absolute atomic E-state index is 12.7. The smallest absolute Gasteiger partial charge is 0.348 e. The van der Waals surface area contributed by atoms with E-state index in [-0.39, 0.29) is 6.61 Å². The molecule has 0 unspecified atom stereocenters. The third kappa shape index (κ3) is 3.66. The van der Waals surface area contributed by atoms with Gasteiger partial charge in [-0.15, -0.1) is 0 Å². The maximum Gasteiger partial charge on any atom is 0.523 e. The lowest BCUT2D eigenvalue weighted by Gasteiger charge is -2.28. The number of halogens is 3. The molecule has 3 heterocycles. The van der Waals surface area contributed by atoms with E-state index >= 15 is 0 Å². The van der Waals surface area contributed by atoms with Gasteiger partial charge in [0.1, 0.15) is 24.4 Å². The molecule has 0 aliphatic carbocycles. The quantitative estimate of drug-likeness (QED) is 0.524. The Bertz CT molecular complexity index is 632. The summed E-state index contributed by atoms with van der Waals surface area (Å²) in [7, 11) is -5.86. The highest BCUT2D eigenvalue weighted by molar-refractivity contribution is 7.87. The SMILES string of the molecule is CC1(C)O[C@H]2O[C@H]([C@@H]3COC(C)(C)O3)[C@@H](OS(=O)(=O)C(F)(F)F)[C@H]2O1. The summed E-state index contributed by atoms with van der Waals surface area (Å²) in [6.45, 7) is 6.27. The zero-order chi connectivity index (χ0) is 18.8. The zero-order valence-corrected chi connectivity index (χ0v) is 14.7. The Morgan fingerprint density at radius 2 is 1.64 bits per heavy atom. The molecule has 0 saturated carbocycles. The lowest BCUT2D eigenvalue weighted by atomic mass is 10.1. The molecule has 3 saturated heterocycles. The summed E-state index contributed by atoms with van der Waals surface area (Å²) in [6.07, 6.45) is -5.86. The lowest BCUT2D eigenvalue weighted by molar-refractivity contribution is -0.230. The highest BCUT2D eigenvalue weighted by atomic mass is 32.2. The van der Waals surface area contributed by atoms with Gasteiger partial charge >= 0.3 is 15.6 Å². The number of hydrogen-bond acceptors (Lipinski definition) is 8. The molecular formula is C13H19F3O8S. The summed E-state index contributed by atoms with van der Waals surface area (Å²) in [5.41, 5.74) is -5.57. The van der Waals surface area contributed by atoms with E-state index in [1.807, 2.05) is 0 Å².